The van der Waals surface area contributed by atoms with Gasteiger partial charge in [0.2, 0.25) is 5.95 Å². The Morgan fingerprint density at radius 1 is 1.64 bits per heavy atom. The molecule has 0 saturated carbocycles. The lowest BCUT2D eigenvalue weighted by molar-refractivity contribution is -0.385. The minimum absolute atomic E-state index is 0.160. The smallest absolute Gasteiger partial charge is 0.305 e. The first-order chi connectivity index (χ1) is 6.59. The van der Waals surface area contributed by atoms with Crippen LogP contribution in [0.25, 0.3) is 0 Å². The van der Waals surface area contributed by atoms with Crippen molar-refractivity contribution < 1.29 is 10.0 Å². The Morgan fingerprint density at radius 2 is 2.21 bits per heavy atom. The molecule has 0 bridgehead atoms. The van der Waals surface area contributed by atoms with Gasteiger partial charge in [-0.25, -0.2) is 9.97 Å². The largest absolute Gasteiger partial charge is 0.392 e. The minimum Gasteiger partial charge on any atom is -0.392 e. The molecule has 0 aliphatic carbocycles. The van der Waals surface area contributed by atoms with Gasteiger partial charge in [0.1, 0.15) is 12.4 Å². The Labute approximate surface area is 80.0 Å². The molecule has 0 amide bonds. The predicted octanol–water partition coefficient (Wildman–Crippen LogP) is 0.177. The normalized spacial score (nSPS) is 12.1. The average Bonchev–Trinajstić information content (AvgIpc) is 2.15. The molecule has 0 aliphatic rings. The first kappa shape index (κ1) is 10.3. The zero-order chi connectivity index (χ0) is 10.6. The third kappa shape index (κ3) is 2.94. The monoisotopic (exact) mass is 198 g/mol. The van der Waals surface area contributed by atoms with Crippen LogP contribution in [0.2, 0.25) is 0 Å². The molecule has 2 N–H and O–H groups in total. The van der Waals surface area contributed by atoms with Crippen LogP contribution in [0.1, 0.15) is 6.92 Å². The number of hydrogen-bond donors (Lipinski definition) is 2. The molecule has 1 rings (SSSR count). The summed E-state index contributed by atoms with van der Waals surface area (Å²) in [7, 11) is 0. The maximum Gasteiger partial charge on any atom is 0.305 e. The molecule has 0 saturated heterocycles. The summed E-state index contributed by atoms with van der Waals surface area (Å²) in [6.07, 6.45) is 1.70. The molecule has 1 aromatic heterocycles. The molecule has 1 aromatic rings. The molecule has 0 aliphatic heterocycles. The van der Waals surface area contributed by atoms with Crippen molar-refractivity contribution in [3.05, 3.63) is 22.5 Å². The number of nitrogens with zero attached hydrogens (tertiary/aromatic N) is 3. The number of anilines is 1. The second-order valence-electron chi connectivity index (χ2n) is 2.75. The standard InChI is InChI=1S/C7H10N4O3/c1-5(12)2-8-7-9-3-6(4-10-7)11(13)14/h3-5,12H,2H2,1H3,(H,8,9,10)/t5-/m0/s1. The van der Waals surface area contributed by atoms with Crippen LogP contribution in [0.4, 0.5) is 11.6 Å². The van der Waals surface area contributed by atoms with Crippen molar-refractivity contribution >= 4 is 11.6 Å². The SMILES string of the molecule is C[C@H](O)CNc1ncc([N+](=O)[O-])cn1. The minimum atomic E-state index is -0.571. The van der Waals surface area contributed by atoms with Gasteiger partial charge in [0.25, 0.3) is 0 Å². The zero-order valence-electron chi connectivity index (χ0n) is 7.54. The molecule has 1 heterocycles. The van der Waals surface area contributed by atoms with E-state index in [0.717, 1.165) is 12.4 Å². The van der Waals surface area contributed by atoms with Crippen LogP contribution >= 0.6 is 0 Å². The van der Waals surface area contributed by atoms with Crippen LogP contribution in [-0.2, 0) is 0 Å². The highest BCUT2D eigenvalue weighted by Crippen LogP contribution is 2.07. The van der Waals surface area contributed by atoms with E-state index in [1.807, 2.05) is 0 Å². The van der Waals surface area contributed by atoms with Gasteiger partial charge in [-0.15, -0.1) is 0 Å². The molecular formula is C7H10N4O3. The fourth-order valence-corrected chi connectivity index (χ4v) is 0.746. The van der Waals surface area contributed by atoms with E-state index in [4.69, 9.17) is 5.11 Å². The Kier molecular flexibility index (Phi) is 3.29. The molecule has 7 heteroatoms. The molecule has 76 valence electrons. The summed E-state index contributed by atoms with van der Waals surface area (Å²) >= 11 is 0. The van der Waals surface area contributed by atoms with Crippen molar-refractivity contribution in [3.8, 4) is 0 Å². The third-order valence-corrected chi connectivity index (χ3v) is 1.40. The quantitative estimate of drug-likeness (QED) is 0.528. The number of rotatable bonds is 4. The van der Waals surface area contributed by atoms with Crippen LogP contribution < -0.4 is 5.32 Å². The Balaban J connectivity index is 2.60. The van der Waals surface area contributed by atoms with Crippen molar-refractivity contribution in [2.24, 2.45) is 0 Å². The van der Waals surface area contributed by atoms with E-state index in [-0.39, 0.29) is 11.6 Å². The van der Waals surface area contributed by atoms with E-state index < -0.39 is 11.0 Å². The van der Waals surface area contributed by atoms with Crippen molar-refractivity contribution in [2.45, 2.75) is 13.0 Å². The fourth-order valence-electron chi connectivity index (χ4n) is 0.746. The van der Waals surface area contributed by atoms with Crippen molar-refractivity contribution in [2.75, 3.05) is 11.9 Å². The zero-order valence-corrected chi connectivity index (χ0v) is 7.54. The maximum absolute atomic E-state index is 10.2. The lowest BCUT2D eigenvalue weighted by Crippen LogP contribution is -2.16. The van der Waals surface area contributed by atoms with E-state index in [9.17, 15) is 10.1 Å². The van der Waals surface area contributed by atoms with E-state index in [1.54, 1.807) is 6.92 Å². The second kappa shape index (κ2) is 4.47. The van der Waals surface area contributed by atoms with Gasteiger partial charge in [-0.05, 0) is 6.92 Å². The molecule has 0 spiro atoms. The third-order valence-electron chi connectivity index (χ3n) is 1.40. The fraction of sp³-hybridized carbons (Fsp3) is 0.429. The maximum atomic E-state index is 10.2. The van der Waals surface area contributed by atoms with Gasteiger partial charge in [-0.2, -0.15) is 0 Å². The summed E-state index contributed by atoms with van der Waals surface area (Å²) < 4.78 is 0. The number of aliphatic hydroxyl groups excluding tert-OH is 1. The predicted molar refractivity (Wildman–Crippen MR) is 48.9 cm³/mol. The highest BCUT2D eigenvalue weighted by molar-refractivity contribution is 5.30. The van der Waals surface area contributed by atoms with Gasteiger partial charge in [0.15, 0.2) is 0 Å². The first-order valence-electron chi connectivity index (χ1n) is 3.98. The number of aromatic nitrogens is 2. The summed E-state index contributed by atoms with van der Waals surface area (Å²) in [4.78, 5) is 17.1. The Morgan fingerprint density at radius 3 is 2.64 bits per heavy atom. The van der Waals surface area contributed by atoms with Crippen molar-refractivity contribution in [1.82, 2.24) is 9.97 Å². The van der Waals surface area contributed by atoms with E-state index >= 15 is 0 Å². The van der Waals surface area contributed by atoms with Crippen molar-refractivity contribution in [3.63, 3.8) is 0 Å². The molecule has 7 nitrogen and oxygen atoms in total. The van der Waals surface area contributed by atoms with Crippen LogP contribution in [0, 0.1) is 10.1 Å². The van der Waals surface area contributed by atoms with Gasteiger partial charge < -0.3 is 10.4 Å². The summed E-state index contributed by atoms with van der Waals surface area (Å²) in [6, 6.07) is 0. The number of nitrogens with one attached hydrogen (secondary N) is 1. The summed E-state index contributed by atoms with van der Waals surface area (Å²) in [5.74, 6) is 0.261. The summed E-state index contributed by atoms with van der Waals surface area (Å²) in [5.41, 5.74) is -0.160. The molecule has 14 heavy (non-hydrogen) atoms. The lowest BCUT2D eigenvalue weighted by Gasteiger charge is -2.05. The highest BCUT2D eigenvalue weighted by Gasteiger charge is 2.06. The lowest BCUT2D eigenvalue weighted by atomic mass is 10.4. The molecule has 0 unspecified atom stereocenters. The van der Waals surface area contributed by atoms with E-state index in [1.165, 1.54) is 0 Å². The molecule has 0 aromatic carbocycles. The number of aliphatic hydroxyl groups is 1. The number of hydrogen-bond acceptors (Lipinski definition) is 6. The molecular weight excluding hydrogens is 188 g/mol. The highest BCUT2D eigenvalue weighted by atomic mass is 16.6. The van der Waals surface area contributed by atoms with Gasteiger partial charge in [0.05, 0.1) is 11.0 Å². The topological polar surface area (TPSA) is 101 Å². The van der Waals surface area contributed by atoms with Gasteiger partial charge in [-0.1, -0.05) is 0 Å². The number of nitro groups is 1. The Bertz CT molecular complexity index is 311. The van der Waals surface area contributed by atoms with Crippen LogP contribution in [0.15, 0.2) is 12.4 Å². The Hall–Kier alpha value is -1.76. The molecule has 0 fully saturated rings. The van der Waals surface area contributed by atoms with E-state index in [0.29, 0.717) is 6.54 Å². The van der Waals surface area contributed by atoms with Gasteiger partial charge >= 0.3 is 5.69 Å². The van der Waals surface area contributed by atoms with E-state index in [2.05, 4.69) is 15.3 Å². The van der Waals surface area contributed by atoms with Crippen LogP contribution in [0.3, 0.4) is 0 Å². The average molecular weight is 198 g/mol. The van der Waals surface area contributed by atoms with Crippen molar-refractivity contribution in [1.29, 1.82) is 0 Å². The van der Waals surface area contributed by atoms with Gasteiger partial charge in [-0.3, -0.25) is 10.1 Å². The first-order valence-corrected chi connectivity index (χ1v) is 3.98. The molecule has 1 atom stereocenters. The second-order valence-corrected chi connectivity index (χ2v) is 2.75. The van der Waals surface area contributed by atoms with Crippen LogP contribution in [0.5, 0.6) is 0 Å². The van der Waals surface area contributed by atoms with Crippen LogP contribution in [-0.4, -0.2) is 32.6 Å². The van der Waals surface area contributed by atoms with Gasteiger partial charge in [0, 0.05) is 6.54 Å². The summed E-state index contributed by atoms with van der Waals surface area (Å²) in [6.45, 7) is 1.91. The summed E-state index contributed by atoms with van der Waals surface area (Å²) in [5, 5.41) is 21.9. The molecule has 0 radical (unpaired) electrons.